The fraction of sp³-hybridized carbons (Fsp3) is 0.0833. The monoisotopic (exact) mass is 513 g/mol. The van der Waals surface area contributed by atoms with Crippen molar-refractivity contribution in [1.29, 1.82) is 0 Å². The first-order valence-corrected chi connectivity index (χ1v) is 11.1. The number of phenols is 1. The molecule has 0 aliphatic carbocycles. The molecule has 0 spiro atoms. The minimum atomic E-state index is -0.739. The van der Waals surface area contributed by atoms with Gasteiger partial charge < -0.3 is 15.7 Å². The summed E-state index contributed by atoms with van der Waals surface area (Å²) in [6.45, 7) is 1.98. The highest BCUT2D eigenvalue weighted by molar-refractivity contribution is 6.39. The van der Waals surface area contributed by atoms with Crippen LogP contribution in [0, 0.1) is 5.82 Å². The highest BCUT2D eigenvalue weighted by Crippen LogP contribution is 2.30. The second-order valence-corrected chi connectivity index (χ2v) is 8.18. The van der Waals surface area contributed by atoms with E-state index < -0.39 is 17.4 Å². The van der Waals surface area contributed by atoms with Crippen molar-refractivity contribution in [3.05, 3.63) is 87.1 Å². The average Bonchev–Trinajstić information content (AvgIpc) is 2.83. The topological polar surface area (TPSA) is 109 Å². The van der Waals surface area contributed by atoms with Crippen LogP contribution in [0.5, 0.6) is 5.75 Å². The number of aromatic hydroxyl groups is 1. The quantitative estimate of drug-likeness (QED) is 0.313. The Bertz CT molecular complexity index is 1470. The largest absolute Gasteiger partial charge is 0.508 e. The van der Waals surface area contributed by atoms with Gasteiger partial charge in [-0.1, -0.05) is 41.4 Å². The van der Waals surface area contributed by atoms with Crippen LogP contribution in [0.15, 0.2) is 65.7 Å². The summed E-state index contributed by atoms with van der Waals surface area (Å²) in [5.41, 5.74) is 1.40. The molecule has 2 aromatic heterocycles. The van der Waals surface area contributed by atoms with Gasteiger partial charge >= 0.3 is 6.03 Å². The number of carbonyl (C=O) groups is 1. The second kappa shape index (κ2) is 10.1. The molecule has 178 valence electrons. The summed E-state index contributed by atoms with van der Waals surface area (Å²) in [5.74, 6) is -0.761. The molecule has 2 aromatic carbocycles. The maximum atomic E-state index is 14.4. The highest BCUT2D eigenvalue weighted by atomic mass is 35.5. The third-order valence-electron chi connectivity index (χ3n) is 5.04. The number of amides is 2. The van der Waals surface area contributed by atoms with Crippen LogP contribution in [-0.4, -0.2) is 25.9 Å². The van der Waals surface area contributed by atoms with Crippen molar-refractivity contribution >= 4 is 40.6 Å². The second-order valence-electron chi connectivity index (χ2n) is 7.37. The van der Waals surface area contributed by atoms with Crippen LogP contribution in [-0.2, 0) is 6.54 Å². The third kappa shape index (κ3) is 5.26. The molecule has 0 radical (unpaired) electrons. The SMILES string of the molecule is CCn1nc(-c2cccc(-c3ccc(O)cc3F)c2)cc(NC(=O)Nc2c(Cl)cncc2Cl)c1=O. The number of pyridine rings is 1. The van der Waals surface area contributed by atoms with E-state index in [0.29, 0.717) is 16.8 Å². The van der Waals surface area contributed by atoms with Gasteiger partial charge in [0.2, 0.25) is 0 Å². The van der Waals surface area contributed by atoms with E-state index in [1.807, 2.05) is 0 Å². The Balaban J connectivity index is 1.69. The van der Waals surface area contributed by atoms with Crippen LogP contribution in [0.2, 0.25) is 10.0 Å². The van der Waals surface area contributed by atoms with Gasteiger partial charge in [0.1, 0.15) is 17.3 Å². The normalized spacial score (nSPS) is 10.7. The lowest BCUT2D eigenvalue weighted by Crippen LogP contribution is -2.29. The summed E-state index contributed by atoms with van der Waals surface area (Å²) in [4.78, 5) is 29.2. The van der Waals surface area contributed by atoms with E-state index in [-0.39, 0.29) is 39.3 Å². The molecule has 0 aliphatic heterocycles. The van der Waals surface area contributed by atoms with Gasteiger partial charge in [0.05, 0.1) is 21.4 Å². The highest BCUT2D eigenvalue weighted by Gasteiger charge is 2.15. The van der Waals surface area contributed by atoms with Gasteiger partial charge in [-0.2, -0.15) is 5.10 Å². The Morgan fingerprint density at radius 3 is 2.46 bits per heavy atom. The molecule has 0 bridgehead atoms. The maximum absolute atomic E-state index is 14.4. The summed E-state index contributed by atoms with van der Waals surface area (Å²) in [6.07, 6.45) is 2.64. The van der Waals surface area contributed by atoms with E-state index in [2.05, 4.69) is 20.7 Å². The van der Waals surface area contributed by atoms with Crippen molar-refractivity contribution < 1.29 is 14.3 Å². The minimum absolute atomic E-state index is 0.0307. The zero-order chi connectivity index (χ0) is 25.1. The molecular formula is C24H18Cl2FN5O3. The van der Waals surface area contributed by atoms with Gasteiger partial charge in [-0.15, -0.1) is 0 Å². The molecule has 4 aromatic rings. The number of hydrogen-bond acceptors (Lipinski definition) is 5. The first kappa shape index (κ1) is 24.2. The first-order valence-electron chi connectivity index (χ1n) is 10.3. The van der Waals surface area contributed by atoms with E-state index in [1.54, 1.807) is 31.2 Å². The smallest absolute Gasteiger partial charge is 0.323 e. The number of rotatable bonds is 5. The lowest BCUT2D eigenvalue weighted by Gasteiger charge is -2.13. The summed E-state index contributed by atoms with van der Waals surface area (Å²) in [6, 6.07) is 11.4. The molecule has 2 heterocycles. The van der Waals surface area contributed by atoms with Crippen molar-refractivity contribution in [2.24, 2.45) is 0 Å². The van der Waals surface area contributed by atoms with Crippen molar-refractivity contribution in [3.8, 4) is 28.1 Å². The van der Waals surface area contributed by atoms with E-state index in [1.165, 1.54) is 35.3 Å². The van der Waals surface area contributed by atoms with Gasteiger partial charge in [0, 0.05) is 36.1 Å². The van der Waals surface area contributed by atoms with Crippen molar-refractivity contribution in [3.63, 3.8) is 0 Å². The molecule has 0 saturated carbocycles. The number of carbonyl (C=O) groups excluding carboxylic acids is 1. The molecule has 0 saturated heterocycles. The van der Waals surface area contributed by atoms with E-state index in [9.17, 15) is 19.1 Å². The lowest BCUT2D eigenvalue weighted by molar-refractivity contribution is 0.262. The molecule has 0 fully saturated rings. The number of phenolic OH excluding ortho intramolecular Hbond substituents is 1. The number of nitrogens with zero attached hydrogens (tertiary/aromatic N) is 3. The van der Waals surface area contributed by atoms with Crippen molar-refractivity contribution in [2.45, 2.75) is 13.5 Å². The summed E-state index contributed by atoms with van der Waals surface area (Å²) >= 11 is 12.1. The predicted octanol–water partition coefficient (Wildman–Crippen LogP) is 5.79. The molecule has 0 aliphatic rings. The lowest BCUT2D eigenvalue weighted by atomic mass is 10.0. The Morgan fingerprint density at radius 1 is 1.06 bits per heavy atom. The molecule has 0 unspecified atom stereocenters. The summed E-state index contributed by atoms with van der Waals surface area (Å²) in [7, 11) is 0. The fourth-order valence-corrected chi connectivity index (χ4v) is 3.83. The van der Waals surface area contributed by atoms with Crippen LogP contribution < -0.4 is 16.2 Å². The Kier molecular flexibility index (Phi) is 6.99. The zero-order valence-corrected chi connectivity index (χ0v) is 19.7. The van der Waals surface area contributed by atoms with Gasteiger partial charge in [-0.05, 0) is 36.8 Å². The Hall–Kier alpha value is -3.95. The van der Waals surface area contributed by atoms with Gasteiger partial charge in [0.15, 0.2) is 0 Å². The molecular weight excluding hydrogens is 496 g/mol. The third-order valence-corrected chi connectivity index (χ3v) is 5.61. The molecule has 8 nitrogen and oxygen atoms in total. The van der Waals surface area contributed by atoms with Crippen LogP contribution in [0.4, 0.5) is 20.6 Å². The number of aromatic nitrogens is 3. The first-order chi connectivity index (χ1) is 16.8. The molecule has 35 heavy (non-hydrogen) atoms. The van der Waals surface area contributed by atoms with Gasteiger partial charge in [-0.3, -0.25) is 9.78 Å². The van der Waals surface area contributed by atoms with Gasteiger partial charge in [0.25, 0.3) is 5.56 Å². The average molecular weight is 514 g/mol. The summed E-state index contributed by atoms with van der Waals surface area (Å²) in [5, 5.41) is 19.1. The number of hydrogen-bond donors (Lipinski definition) is 3. The number of anilines is 2. The van der Waals surface area contributed by atoms with Crippen LogP contribution >= 0.6 is 23.2 Å². The van der Waals surface area contributed by atoms with E-state index in [4.69, 9.17) is 23.2 Å². The standard InChI is InChI=1S/C24H18Cl2FN5O3/c1-2-32-23(34)21(29-24(35)30-22-17(25)11-28-12-18(22)26)10-20(31-32)14-5-3-4-13(8-14)16-7-6-15(33)9-19(16)27/h3-12,33H,2H2,1H3,(H2,28,29,30,35). The van der Waals surface area contributed by atoms with Gasteiger partial charge in [-0.25, -0.2) is 13.9 Å². The number of benzene rings is 2. The number of urea groups is 1. The molecule has 11 heteroatoms. The maximum Gasteiger partial charge on any atom is 0.323 e. The summed E-state index contributed by atoms with van der Waals surface area (Å²) < 4.78 is 15.6. The molecule has 2 amide bonds. The zero-order valence-electron chi connectivity index (χ0n) is 18.2. The number of halogens is 3. The Labute approximate surface area is 209 Å². The van der Waals surface area contributed by atoms with E-state index in [0.717, 1.165) is 6.07 Å². The molecule has 3 N–H and O–H groups in total. The van der Waals surface area contributed by atoms with E-state index >= 15 is 0 Å². The van der Waals surface area contributed by atoms with Crippen molar-refractivity contribution in [2.75, 3.05) is 10.6 Å². The van der Waals surface area contributed by atoms with Crippen LogP contribution in [0.3, 0.4) is 0 Å². The number of aryl methyl sites for hydroxylation is 1. The predicted molar refractivity (Wildman–Crippen MR) is 134 cm³/mol. The van der Waals surface area contributed by atoms with Crippen LogP contribution in [0.1, 0.15) is 6.92 Å². The molecule has 0 atom stereocenters. The molecule has 4 rings (SSSR count). The Morgan fingerprint density at radius 2 is 1.77 bits per heavy atom. The van der Waals surface area contributed by atoms with Crippen LogP contribution in [0.25, 0.3) is 22.4 Å². The number of nitrogens with one attached hydrogen (secondary N) is 2. The van der Waals surface area contributed by atoms with Crippen molar-refractivity contribution in [1.82, 2.24) is 14.8 Å². The minimum Gasteiger partial charge on any atom is -0.508 e. The fourth-order valence-electron chi connectivity index (χ4n) is 3.37.